The van der Waals surface area contributed by atoms with Gasteiger partial charge in [-0.15, -0.1) is 11.3 Å². The second kappa shape index (κ2) is 4.20. The molecular weight excluding hydrogens is 275 g/mol. The molecule has 2 aromatic rings. The molecule has 0 aliphatic rings. The summed E-state index contributed by atoms with van der Waals surface area (Å²) in [7, 11) is 0. The van der Waals surface area contributed by atoms with E-state index in [4.69, 9.17) is 5.73 Å². The van der Waals surface area contributed by atoms with Gasteiger partial charge in [0, 0.05) is 17.0 Å². The molecule has 2 N–H and O–H groups in total. The predicted octanol–water partition coefficient (Wildman–Crippen LogP) is 3.69. The Balaban J connectivity index is 2.72. The summed E-state index contributed by atoms with van der Waals surface area (Å²) >= 11 is 0.885. The molecule has 2 nitrogen and oxygen atoms in total. The molecular formula is C10H5F5N2S. The average molecular weight is 280 g/mol. The Hall–Kier alpha value is -1.70. The summed E-state index contributed by atoms with van der Waals surface area (Å²) in [6, 6.07) is 0.766. The van der Waals surface area contributed by atoms with Crippen LogP contribution in [-0.4, -0.2) is 4.98 Å². The van der Waals surface area contributed by atoms with Crippen LogP contribution in [0.1, 0.15) is 5.56 Å². The van der Waals surface area contributed by atoms with Crippen LogP contribution in [0, 0.1) is 11.6 Å². The van der Waals surface area contributed by atoms with E-state index in [9.17, 15) is 22.0 Å². The first-order chi connectivity index (χ1) is 8.29. The third kappa shape index (κ3) is 2.28. The number of rotatable bonds is 1. The molecule has 0 unspecified atom stereocenters. The van der Waals surface area contributed by atoms with Crippen LogP contribution in [0.4, 0.5) is 27.1 Å². The van der Waals surface area contributed by atoms with E-state index in [1.807, 2.05) is 0 Å². The molecule has 0 saturated carbocycles. The maximum atomic E-state index is 13.3. The van der Waals surface area contributed by atoms with E-state index in [2.05, 4.69) is 4.98 Å². The fraction of sp³-hybridized carbons (Fsp3) is 0.100. The van der Waals surface area contributed by atoms with E-state index in [-0.39, 0.29) is 16.9 Å². The summed E-state index contributed by atoms with van der Waals surface area (Å²) in [6.45, 7) is 0. The summed E-state index contributed by atoms with van der Waals surface area (Å²) in [5.74, 6) is -2.79. The van der Waals surface area contributed by atoms with Crippen molar-refractivity contribution in [3.8, 4) is 11.3 Å². The lowest BCUT2D eigenvalue weighted by atomic mass is 10.0. The Morgan fingerprint density at radius 2 is 1.83 bits per heavy atom. The Morgan fingerprint density at radius 3 is 2.33 bits per heavy atom. The summed E-state index contributed by atoms with van der Waals surface area (Å²) < 4.78 is 64.5. The lowest BCUT2D eigenvalue weighted by molar-refractivity contribution is -0.139. The number of anilines is 1. The van der Waals surface area contributed by atoms with Crippen LogP contribution >= 0.6 is 11.3 Å². The maximum Gasteiger partial charge on any atom is 0.419 e. The molecule has 1 aromatic carbocycles. The average Bonchev–Trinajstić information content (AvgIpc) is 2.61. The van der Waals surface area contributed by atoms with Crippen molar-refractivity contribution < 1.29 is 22.0 Å². The van der Waals surface area contributed by atoms with Crippen LogP contribution in [0.2, 0.25) is 0 Å². The van der Waals surface area contributed by atoms with Gasteiger partial charge in [0.15, 0.2) is 5.13 Å². The van der Waals surface area contributed by atoms with Crippen molar-refractivity contribution in [3.63, 3.8) is 0 Å². The lowest BCUT2D eigenvalue weighted by Gasteiger charge is -2.12. The number of hydrogen-bond donors (Lipinski definition) is 1. The molecule has 18 heavy (non-hydrogen) atoms. The van der Waals surface area contributed by atoms with Crippen LogP contribution in [-0.2, 0) is 6.18 Å². The Labute approximate surface area is 102 Å². The molecule has 0 amide bonds. The van der Waals surface area contributed by atoms with Crippen molar-refractivity contribution in [1.29, 1.82) is 0 Å². The summed E-state index contributed by atoms with van der Waals surface area (Å²) in [5, 5.41) is 1.22. The van der Waals surface area contributed by atoms with Crippen molar-refractivity contribution in [2.24, 2.45) is 0 Å². The van der Waals surface area contributed by atoms with E-state index >= 15 is 0 Å². The van der Waals surface area contributed by atoms with Gasteiger partial charge in [-0.1, -0.05) is 0 Å². The van der Waals surface area contributed by atoms with E-state index < -0.39 is 28.9 Å². The highest BCUT2D eigenvalue weighted by atomic mass is 32.1. The van der Waals surface area contributed by atoms with Gasteiger partial charge in [0.25, 0.3) is 0 Å². The van der Waals surface area contributed by atoms with Crippen molar-refractivity contribution in [3.05, 3.63) is 34.7 Å². The van der Waals surface area contributed by atoms with Gasteiger partial charge in [-0.25, -0.2) is 13.8 Å². The second-order valence-electron chi connectivity index (χ2n) is 3.38. The normalized spacial score (nSPS) is 11.8. The highest BCUT2D eigenvalue weighted by Gasteiger charge is 2.38. The molecule has 0 radical (unpaired) electrons. The molecule has 0 spiro atoms. The number of aromatic nitrogens is 1. The third-order valence-corrected chi connectivity index (χ3v) is 2.81. The topological polar surface area (TPSA) is 38.9 Å². The number of halogens is 5. The first kappa shape index (κ1) is 12.7. The first-order valence-corrected chi connectivity index (χ1v) is 5.44. The van der Waals surface area contributed by atoms with Gasteiger partial charge >= 0.3 is 6.18 Å². The minimum atomic E-state index is -4.94. The van der Waals surface area contributed by atoms with Crippen LogP contribution < -0.4 is 5.73 Å². The predicted molar refractivity (Wildman–Crippen MR) is 56.9 cm³/mol. The van der Waals surface area contributed by atoms with Gasteiger partial charge in [-0.3, -0.25) is 0 Å². The standard InChI is InChI=1S/C10H5F5N2S/c11-4-1-5(7-3-18-9(16)17-7)8(6(12)2-4)10(13,14)15/h1-3H,(H2,16,17). The highest BCUT2D eigenvalue weighted by molar-refractivity contribution is 7.13. The molecule has 0 atom stereocenters. The Kier molecular flexibility index (Phi) is 2.97. The van der Waals surface area contributed by atoms with Gasteiger partial charge in [-0.05, 0) is 6.07 Å². The molecule has 0 bridgehead atoms. The van der Waals surface area contributed by atoms with Gasteiger partial charge in [0.05, 0.1) is 5.69 Å². The van der Waals surface area contributed by atoms with Crippen LogP contribution in [0.5, 0.6) is 0 Å². The number of thiazole rings is 1. The summed E-state index contributed by atoms with van der Waals surface area (Å²) in [5.41, 5.74) is 2.88. The van der Waals surface area contributed by atoms with Gasteiger partial charge in [0.2, 0.25) is 0 Å². The van der Waals surface area contributed by atoms with Gasteiger partial charge < -0.3 is 5.73 Å². The fourth-order valence-electron chi connectivity index (χ4n) is 1.48. The number of alkyl halides is 3. The largest absolute Gasteiger partial charge is 0.419 e. The van der Waals surface area contributed by atoms with E-state index in [1.165, 1.54) is 5.38 Å². The zero-order chi connectivity index (χ0) is 13.5. The minimum absolute atomic E-state index is 0.0165. The number of nitrogens with zero attached hydrogens (tertiary/aromatic N) is 1. The van der Waals surface area contributed by atoms with Crippen LogP contribution in [0.15, 0.2) is 17.5 Å². The summed E-state index contributed by atoms with van der Waals surface area (Å²) in [6.07, 6.45) is -4.94. The number of nitrogen functional groups attached to an aromatic ring is 1. The lowest BCUT2D eigenvalue weighted by Crippen LogP contribution is -2.11. The molecule has 0 aliphatic heterocycles. The van der Waals surface area contributed by atoms with Crippen molar-refractivity contribution in [2.45, 2.75) is 6.18 Å². The minimum Gasteiger partial charge on any atom is -0.375 e. The second-order valence-corrected chi connectivity index (χ2v) is 4.27. The molecule has 8 heteroatoms. The monoisotopic (exact) mass is 280 g/mol. The molecule has 2 rings (SSSR count). The molecule has 0 fully saturated rings. The number of benzene rings is 1. The molecule has 96 valence electrons. The fourth-order valence-corrected chi connectivity index (χ4v) is 2.04. The third-order valence-electron chi connectivity index (χ3n) is 2.14. The van der Waals surface area contributed by atoms with Crippen LogP contribution in [0.3, 0.4) is 0 Å². The van der Waals surface area contributed by atoms with Crippen LogP contribution in [0.25, 0.3) is 11.3 Å². The van der Waals surface area contributed by atoms with Gasteiger partial charge in [-0.2, -0.15) is 13.2 Å². The molecule has 1 heterocycles. The first-order valence-electron chi connectivity index (χ1n) is 4.56. The summed E-state index contributed by atoms with van der Waals surface area (Å²) in [4.78, 5) is 3.60. The Morgan fingerprint density at radius 1 is 1.17 bits per heavy atom. The molecule has 1 aromatic heterocycles. The Bertz CT molecular complexity index is 590. The highest BCUT2D eigenvalue weighted by Crippen LogP contribution is 2.39. The van der Waals surface area contributed by atoms with Crippen molar-refractivity contribution in [1.82, 2.24) is 4.98 Å². The molecule has 0 saturated heterocycles. The van der Waals surface area contributed by atoms with E-state index in [0.717, 1.165) is 11.3 Å². The van der Waals surface area contributed by atoms with Crippen molar-refractivity contribution >= 4 is 16.5 Å². The zero-order valence-corrected chi connectivity index (χ0v) is 9.37. The number of nitrogens with two attached hydrogens (primary N) is 1. The van der Waals surface area contributed by atoms with E-state index in [1.54, 1.807) is 0 Å². The van der Waals surface area contributed by atoms with Crippen molar-refractivity contribution in [2.75, 3.05) is 5.73 Å². The quantitative estimate of drug-likeness (QED) is 0.809. The number of hydrogen-bond acceptors (Lipinski definition) is 3. The SMILES string of the molecule is Nc1nc(-c2cc(F)cc(F)c2C(F)(F)F)cs1. The zero-order valence-electron chi connectivity index (χ0n) is 8.55. The molecule has 0 aliphatic carbocycles. The maximum absolute atomic E-state index is 13.3. The van der Waals surface area contributed by atoms with E-state index in [0.29, 0.717) is 6.07 Å². The smallest absolute Gasteiger partial charge is 0.375 e. The van der Waals surface area contributed by atoms with Gasteiger partial charge in [0.1, 0.15) is 17.2 Å².